The van der Waals surface area contributed by atoms with Crippen LogP contribution >= 0.6 is 0 Å². The SMILES string of the molecule is C[C@@H](O)CN(C)C(=O)N[C@H](CC1CCOCC1)c1ccccc1. The summed E-state index contributed by atoms with van der Waals surface area (Å²) in [5, 5.41) is 12.6. The number of carbonyl (C=O) groups is 1. The number of rotatable bonds is 6. The number of urea groups is 1. The van der Waals surface area contributed by atoms with Crippen molar-refractivity contribution in [1.29, 1.82) is 0 Å². The minimum Gasteiger partial charge on any atom is -0.392 e. The molecular weight excluding hydrogens is 292 g/mol. The molecule has 2 rings (SSSR count). The fraction of sp³-hybridized carbons (Fsp3) is 0.611. The van der Waals surface area contributed by atoms with Gasteiger partial charge in [0.1, 0.15) is 0 Å². The van der Waals surface area contributed by atoms with Crippen LogP contribution in [0.1, 0.15) is 37.8 Å². The highest BCUT2D eigenvalue weighted by Crippen LogP contribution is 2.27. The Balaban J connectivity index is 2.02. The van der Waals surface area contributed by atoms with Gasteiger partial charge in [-0.15, -0.1) is 0 Å². The average molecular weight is 320 g/mol. The zero-order valence-electron chi connectivity index (χ0n) is 14.1. The van der Waals surface area contributed by atoms with Crippen molar-refractivity contribution in [3.63, 3.8) is 0 Å². The van der Waals surface area contributed by atoms with Crippen molar-refractivity contribution in [2.24, 2.45) is 5.92 Å². The van der Waals surface area contributed by atoms with E-state index in [1.54, 1.807) is 14.0 Å². The van der Waals surface area contributed by atoms with Gasteiger partial charge in [-0.1, -0.05) is 30.3 Å². The number of amides is 2. The van der Waals surface area contributed by atoms with E-state index < -0.39 is 6.10 Å². The Morgan fingerprint density at radius 1 is 1.35 bits per heavy atom. The third-order valence-corrected chi connectivity index (χ3v) is 4.29. The molecule has 1 saturated heterocycles. The van der Waals surface area contributed by atoms with Crippen molar-refractivity contribution in [3.05, 3.63) is 35.9 Å². The summed E-state index contributed by atoms with van der Waals surface area (Å²) in [6.45, 7) is 3.62. The molecular formula is C18H28N2O3. The smallest absolute Gasteiger partial charge is 0.317 e. The van der Waals surface area contributed by atoms with Gasteiger partial charge in [0.15, 0.2) is 0 Å². The Morgan fingerprint density at radius 3 is 2.61 bits per heavy atom. The van der Waals surface area contributed by atoms with E-state index in [9.17, 15) is 9.90 Å². The molecule has 1 aromatic rings. The van der Waals surface area contributed by atoms with Gasteiger partial charge in [0.05, 0.1) is 12.1 Å². The molecule has 2 amide bonds. The van der Waals surface area contributed by atoms with Crippen LogP contribution in [-0.2, 0) is 4.74 Å². The molecule has 0 radical (unpaired) electrons. The molecule has 0 aliphatic carbocycles. The van der Waals surface area contributed by atoms with Gasteiger partial charge < -0.3 is 20.1 Å². The largest absolute Gasteiger partial charge is 0.392 e. The van der Waals surface area contributed by atoms with E-state index in [0.29, 0.717) is 12.5 Å². The first-order valence-electron chi connectivity index (χ1n) is 8.38. The van der Waals surface area contributed by atoms with Gasteiger partial charge in [0.25, 0.3) is 0 Å². The molecule has 1 aliphatic rings. The van der Waals surface area contributed by atoms with E-state index in [4.69, 9.17) is 4.74 Å². The second-order valence-electron chi connectivity index (χ2n) is 6.43. The predicted octanol–water partition coefficient (Wildman–Crippen LogP) is 2.57. The summed E-state index contributed by atoms with van der Waals surface area (Å²) in [5.74, 6) is 0.566. The minimum atomic E-state index is -0.531. The number of nitrogens with zero attached hydrogens (tertiary/aromatic N) is 1. The first kappa shape index (κ1) is 17.8. The van der Waals surface area contributed by atoms with E-state index in [1.807, 2.05) is 18.2 Å². The molecule has 0 unspecified atom stereocenters. The Kier molecular flexibility index (Phi) is 6.86. The molecule has 5 nitrogen and oxygen atoms in total. The number of benzene rings is 1. The zero-order valence-corrected chi connectivity index (χ0v) is 14.1. The van der Waals surface area contributed by atoms with E-state index >= 15 is 0 Å². The lowest BCUT2D eigenvalue weighted by Gasteiger charge is -2.29. The number of aliphatic hydroxyl groups excluding tert-OH is 1. The number of hydrogen-bond acceptors (Lipinski definition) is 3. The maximum atomic E-state index is 12.4. The van der Waals surface area contributed by atoms with Gasteiger partial charge in [-0.05, 0) is 37.7 Å². The molecule has 23 heavy (non-hydrogen) atoms. The Labute approximate surface area is 138 Å². The van der Waals surface area contributed by atoms with Crippen molar-refractivity contribution < 1.29 is 14.6 Å². The third-order valence-electron chi connectivity index (χ3n) is 4.29. The lowest BCUT2D eigenvalue weighted by atomic mass is 9.89. The summed E-state index contributed by atoms with van der Waals surface area (Å²) in [4.78, 5) is 13.9. The number of nitrogens with one attached hydrogen (secondary N) is 1. The Morgan fingerprint density at radius 2 is 2.00 bits per heavy atom. The minimum absolute atomic E-state index is 0.0109. The highest BCUT2D eigenvalue weighted by atomic mass is 16.5. The average Bonchev–Trinajstić information content (AvgIpc) is 2.55. The number of carbonyl (C=O) groups excluding carboxylic acids is 1. The fourth-order valence-corrected chi connectivity index (χ4v) is 3.02. The zero-order chi connectivity index (χ0) is 16.7. The van der Waals surface area contributed by atoms with E-state index in [2.05, 4.69) is 17.4 Å². The van der Waals surface area contributed by atoms with E-state index in [-0.39, 0.29) is 12.1 Å². The van der Waals surface area contributed by atoms with Crippen molar-refractivity contribution in [2.45, 2.75) is 38.3 Å². The molecule has 2 atom stereocenters. The quantitative estimate of drug-likeness (QED) is 0.847. The van der Waals surface area contributed by atoms with Crippen LogP contribution in [0.3, 0.4) is 0 Å². The molecule has 0 bridgehead atoms. The molecule has 5 heteroatoms. The van der Waals surface area contributed by atoms with Crippen LogP contribution in [-0.4, -0.2) is 48.9 Å². The number of likely N-dealkylation sites (N-methyl/N-ethyl adjacent to an activating group) is 1. The first-order chi connectivity index (χ1) is 11.1. The summed E-state index contributed by atoms with van der Waals surface area (Å²) in [6.07, 6.45) is 2.48. The van der Waals surface area contributed by atoms with Gasteiger partial charge in [-0.3, -0.25) is 0 Å². The Bertz CT molecular complexity index is 472. The van der Waals surface area contributed by atoms with Crippen molar-refractivity contribution >= 4 is 6.03 Å². The van der Waals surface area contributed by atoms with Crippen LogP contribution in [0.4, 0.5) is 4.79 Å². The maximum Gasteiger partial charge on any atom is 0.317 e. The summed E-state index contributed by atoms with van der Waals surface area (Å²) >= 11 is 0. The molecule has 1 fully saturated rings. The first-order valence-corrected chi connectivity index (χ1v) is 8.38. The molecule has 1 aromatic carbocycles. The Hall–Kier alpha value is -1.59. The third kappa shape index (κ3) is 5.84. The van der Waals surface area contributed by atoms with Crippen LogP contribution in [0.2, 0.25) is 0 Å². The second kappa shape index (κ2) is 8.89. The molecule has 0 spiro atoms. The molecule has 128 valence electrons. The van der Waals surface area contributed by atoms with Crippen LogP contribution < -0.4 is 5.32 Å². The monoisotopic (exact) mass is 320 g/mol. The summed E-state index contributed by atoms with van der Waals surface area (Å²) in [5.41, 5.74) is 1.12. The number of aliphatic hydroxyl groups is 1. The van der Waals surface area contributed by atoms with Crippen LogP contribution in [0, 0.1) is 5.92 Å². The molecule has 0 aromatic heterocycles. The van der Waals surface area contributed by atoms with Gasteiger partial charge in [0.2, 0.25) is 0 Å². The molecule has 2 N–H and O–H groups in total. The molecule has 0 saturated carbocycles. The number of ether oxygens (including phenoxy) is 1. The second-order valence-corrected chi connectivity index (χ2v) is 6.43. The fourth-order valence-electron chi connectivity index (χ4n) is 3.02. The normalized spacial score (nSPS) is 18.2. The van der Waals surface area contributed by atoms with Crippen LogP contribution in [0.25, 0.3) is 0 Å². The van der Waals surface area contributed by atoms with Gasteiger partial charge in [-0.25, -0.2) is 4.79 Å². The van der Waals surface area contributed by atoms with E-state index in [0.717, 1.165) is 38.0 Å². The molecule has 1 heterocycles. The maximum absolute atomic E-state index is 12.4. The van der Waals surface area contributed by atoms with Crippen molar-refractivity contribution in [1.82, 2.24) is 10.2 Å². The molecule has 1 aliphatic heterocycles. The lowest BCUT2D eigenvalue weighted by molar-refractivity contribution is 0.0605. The summed E-state index contributed by atoms with van der Waals surface area (Å²) in [7, 11) is 1.71. The van der Waals surface area contributed by atoms with Gasteiger partial charge >= 0.3 is 6.03 Å². The predicted molar refractivity (Wildman–Crippen MR) is 90.2 cm³/mol. The standard InChI is InChI=1S/C18H28N2O3/c1-14(21)13-20(2)18(22)19-17(16-6-4-3-5-7-16)12-15-8-10-23-11-9-15/h3-7,14-15,17,21H,8-13H2,1-2H3,(H,19,22)/t14-,17-/m1/s1. The van der Waals surface area contributed by atoms with Crippen LogP contribution in [0.15, 0.2) is 30.3 Å². The lowest BCUT2D eigenvalue weighted by Crippen LogP contribution is -2.42. The highest BCUT2D eigenvalue weighted by molar-refractivity contribution is 5.74. The summed E-state index contributed by atoms with van der Waals surface area (Å²) in [6, 6.07) is 9.93. The van der Waals surface area contributed by atoms with Crippen LogP contribution in [0.5, 0.6) is 0 Å². The van der Waals surface area contributed by atoms with Gasteiger partial charge in [-0.2, -0.15) is 0 Å². The number of hydrogen-bond donors (Lipinski definition) is 2. The van der Waals surface area contributed by atoms with Crippen molar-refractivity contribution in [2.75, 3.05) is 26.8 Å². The highest BCUT2D eigenvalue weighted by Gasteiger charge is 2.23. The topological polar surface area (TPSA) is 61.8 Å². The summed E-state index contributed by atoms with van der Waals surface area (Å²) < 4.78 is 5.43. The van der Waals surface area contributed by atoms with Crippen molar-refractivity contribution in [3.8, 4) is 0 Å². The van der Waals surface area contributed by atoms with E-state index in [1.165, 1.54) is 4.90 Å². The van der Waals surface area contributed by atoms with Gasteiger partial charge in [0, 0.05) is 26.8 Å².